The molecule has 0 atom stereocenters. The van der Waals surface area contributed by atoms with Crippen molar-refractivity contribution in [2.45, 2.75) is 303 Å². The van der Waals surface area contributed by atoms with E-state index < -0.39 is 0 Å². The van der Waals surface area contributed by atoms with Crippen molar-refractivity contribution in [3.8, 4) is 0 Å². The lowest BCUT2D eigenvalue weighted by molar-refractivity contribution is 0.0198. The van der Waals surface area contributed by atoms with Crippen LogP contribution < -0.4 is 0 Å². The van der Waals surface area contributed by atoms with Gasteiger partial charge < -0.3 is 0 Å². The van der Waals surface area contributed by atoms with Crippen LogP contribution in [-0.4, -0.2) is 0 Å². The molecule has 0 aromatic rings. The standard InChI is InChI=1S/C11H20.C11H18.C10H16.C10H18.C9H16.C8H14.C7H12/c2*1-4-10-6-2-7-11(5-1)9-3-8-10;1-7-2-9-4-8(1)5-10(3-7)6-9;1-2-6-10-8-4-3-7-9(10)5-1;1-9(2)7-3-4-8(9)6-5-7;1-2-8-5-3-7(1)4-6-8;1-2-7-4-3-6(1)5-7/h10-11H,1-9H2;1,4,10-11H,2-3,5-9H2;7-10H,1-6H2;9-10H,1-8H2;7-8H,3-6H2,1-2H3;7-8H,1-6H2;6-7H,1-5H2. The molecule has 0 heterocycles. The van der Waals surface area contributed by atoms with Gasteiger partial charge in [0, 0.05) is 0 Å². The minimum atomic E-state index is 0.722. The fourth-order valence-electron chi connectivity index (χ4n) is 19.7. The van der Waals surface area contributed by atoms with Crippen LogP contribution in [-0.2, 0) is 0 Å². The minimum absolute atomic E-state index is 0.722. The van der Waals surface area contributed by atoms with Crippen molar-refractivity contribution in [3.05, 3.63) is 12.2 Å². The van der Waals surface area contributed by atoms with Crippen LogP contribution in [0.25, 0.3) is 0 Å². The van der Waals surface area contributed by atoms with Crippen molar-refractivity contribution < 1.29 is 0 Å². The van der Waals surface area contributed by atoms with Crippen LogP contribution in [0.2, 0.25) is 0 Å². The largest absolute Gasteiger partial charge is 0.0880 e. The van der Waals surface area contributed by atoms with Crippen LogP contribution in [0.15, 0.2) is 12.2 Å². The highest BCUT2D eigenvalue weighted by atomic mass is 14.5. The second-order valence-corrected chi connectivity index (χ2v) is 28.6. The molecule has 0 aliphatic heterocycles. The monoisotopic (exact) mass is 907 g/mol. The summed E-state index contributed by atoms with van der Waals surface area (Å²) in [4.78, 5) is 0. The molecule has 0 unspecified atom stereocenters. The summed E-state index contributed by atoms with van der Waals surface area (Å²) < 4.78 is 0. The topological polar surface area (TPSA) is 0 Å². The maximum Gasteiger partial charge on any atom is -0.0234 e. The Labute approximate surface area is 413 Å². The highest BCUT2D eigenvalue weighted by Crippen LogP contribution is 2.57. The van der Waals surface area contributed by atoms with E-state index in [2.05, 4.69) is 26.0 Å². The Balaban J connectivity index is 0.0000000972. The molecule has 0 radical (unpaired) electrons. The van der Waals surface area contributed by atoms with Crippen LogP contribution in [0.5, 0.6) is 0 Å². The van der Waals surface area contributed by atoms with E-state index in [0.717, 1.165) is 64.6 Å². The summed E-state index contributed by atoms with van der Waals surface area (Å²) in [5.74, 6) is 18.1. The van der Waals surface area contributed by atoms with Crippen LogP contribution in [0, 0.1) is 100 Å². The lowest BCUT2D eigenvalue weighted by atomic mass is 9.56. The van der Waals surface area contributed by atoms with E-state index in [4.69, 9.17) is 0 Å². The van der Waals surface area contributed by atoms with E-state index in [1.165, 1.54) is 151 Å². The van der Waals surface area contributed by atoms with E-state index >= 15 is 0 Å². The maximum absolute atomic E-state index is 2.48. The molecule has 19 aliphatic rings. The quantitative estimate of drug-likeness (QED) is 0.213. The second-order valence-electron chi connectivity index (χ2n) is 28.6. The molecule has 66 heavy (non-hydrogen) atoms. The lowest BCUT2D eigenvalue weighted by Gasteiger charge is -2.49. The Morgan fingerprint density at radius 3 is 0.833 bits per heavy atom. The zero-order valence-corrected chi connectivity index (χ0v) is 44.7. The molecule has 0 heteroatoms. The fourth-order valence-corrected chi connectivity index (χ4v) is 19.7. The number of hydrogen-bond acceptors (Lipinski definition) is 0. The Kier molecular flexibility index (Phi) is 19.9. The maximum atomic E-state index is 2.48. The Hall–Kier alpha value is -0.260. The molecule has 19 rings (SSSR count). The van der Waals surface area contributed by atoms with E-state index in [0.29, 0.717) is 0 Å². The molecule has 14 bridgehead atoms. The van der Waals surface area contributed by atoms with Crippen molar-refractivity contribution in [2.75, 3.05) is 0 Å². The van der Waals surface area contributed by atoms with E-state index in [1.807, 2.05) is 0 Å². The van der Waals surface area contributed by atoms with Gasteiger partial charge in [-0.15, -0.1) is 0 Å². The predicted octanol–water partition coefficient (Wildman–Crippen LogP) is 21.1. The Morgan fingerprint density at radius 2 is 0.545 bits per heavy atom. The molecule has 19 aliphatic carbocycles. The van der Waals surface area contributed by atoms with Crippen molar-refractivity contribution in [3.63, 3.8) is 0 Å². The third kappa shape index (κ3) is 15.1. The van der Waals surface area contributed by atoms with Crippen molar-refractivity contribution in [1.29, 1.82) is 0 Å². The highest BCUT2D eigenvalue weighted by Gasteiger charge is 2.47. The van der Waals surface area contributed by atoms with Gasteiger partial charge in [0.1, 0.15) is 0 Å². The van der Waals surface area contributed by atoms with E-state index in [-0.39, 0.29) is 0 Å². The molecule has 17 fully saturated rings. The van der Waals surface area contributed by atoms with Gasteiger partial charge in [0.2, 0.25) is 0 Å². The van der Waals surface area contributed by atoms with Crippen LogP contribution in [0.4, 0.5) is 0 Å². The molecule has 0 N–H and O–H groups in total. The zero-order valence-electron chi connectivity index (χ0n) is 44.7. The molecule has 0 spiro atoms. The van der Waals surface area contributed by atoms with Gasteiger partial charge in [0.05, 0.1) is 0 Å². The van der Waals surface area contributed by atoms with Gasteiger partial charge in [-0.2, -0.15) is 0 Å². The molecule has 17 saturated carbocycles. The first kappa shape index (κ1) is 50.7. The molecule has 378 valence electrons. The zero-order chi connectivity index (χ0) is 45.0. The minimum Gasteiger partial charge on any atom is -0.0880 e. The molecular formula is C66H114. The van der Waals surface area contributed by atoms with Crippen molar-refractivity contribution in [1.82, 2.24) is 0 Å². The Morgan fingerprint density at radius 1 is 0.258 bits per heavy atom. The van der Waals surface area contributed by atoms with Gasteiger partial charge in [0.15, 0.2) is 0 Å². The second kappa shape index (κ2) is 25.9. The SMILES string of the molecule is C1=CC2CCCC(C1)CCC2.C1C2CC3CC1CC(C2)C3.C1CC2CCC1C2.C1CC2CCC1CC2.C1CC2CCCC(C1)CCC2.C1CCC2CCCCC2C1.CC1(C)C2CCC1CC2. The van der Waals surface area contributed by atoms with Gasteiger partial charge in [-0.25, -0.2) is 0 Å². The average Bonchev–Trinajstić information content (AvgIpc) is 4.09. The van der Waals surface area contributed by atoms with Crippen molar-refractivity contribution in [2.24, 2.45) is 100 Å². The summed E-state index contributed by atoms with van der Waals surface area (Å²) in [5.41, 5.74) is 0.722. The van der Waals surface area contributed by atoms with Crippen LogP contribution in [0.1, 0.15) is 303 Å². The van der Waals surface area contributed by atoms with Crippen LogP contribution >= 0.6 is 0 Å². The summed E-state index contributed by atoms with van der Waals surface area (Å²) in [6.07, 6.45) is 74.4. The van der Waals surface area contributed by atoms with Crippen molar-refractivity contribution >= 4 is 0 Å². The first-order chi connectivity index (χ1) is 32.4. The first-order valence-electron chi connectivity index (χ1n) is 32.0. The molecule has 0 saturated heterocycles. The molecule has 0 aromatic carbocycles. The van der Waals surface area contributed by atoms with Gasteiger partial charge in [-0.1, -0.05) is 225 Å². The molecular weight excluding hydrogens is 793 g/mol. The van der Waals surface area contributed by atoms with E-state index in [9.17, 15) is 0 Å². The summed E-state index contributed by atoms with van der Waals surface area (Å²) in [6.45, 7) is 4.92. The van der Waals surface area contributed by atoms with Crippen LogP contribution in [0.3, 0.4) is 0 Å². The third-order valence-electron chi connectivity index (χ3n) is 23.8. The van der Waals surface area contributed by atoms with Gasteiger partial charge >= 0.3 is 0 Å². The summed E-state index contributed by atoms with van der Waals surface area (Å²) in [7, 11) is 0. The lowest BCUT2D eigenvalue weighted by Crippen LogP contribution is -2.38. The van der Waals surface area contributed by atoms with Gasteiger partial charge in [-0.3, -0.25) is 0 Å². The summed E-state index contributed by atoms with van der Waals surface area (Å²) in [5, 5.41) is 0. The van der Waals surface area contributed by atoms with Gasteiger partial charge in [-0.05, 0) is 190 Å². The van der Waals surface area contributed by atoms with Gasteiger partial charge in [0.25, 0.3) is 0 Å². The highest BCUT2D eigenvalue weighted by molar-refractivity contribution is 4.98. The van der Waals surface area contributed by atoms with E-state index in [1.54, 1.807) is 173 Å². The average molecular weight is 908 g/mol. The smallest absolute Gasteiger partial charge is 0.0234 e. The normalized spacial score (nSPS) is 44.6. The summed E-state index contributed by atoms with van der Waals surface area (Å²) in [6, 6.07) is 0. The number of rotatable bonds is 0. The third-order valence-corrected chi connectivity index (χ3v) is 23.8. The number of hydrogen-bond donors (Lipinski definition) is 0. The number of allylic oxidation sites excluding steroid dienone is 2. The first-order valence-corrected chi connectivity index (χ1v) is 32.0. The number of fused-ring (bicyclic) bond motifs is 19. The molecule has 0 amide bonds. The molecule has 0 nitrogen and oxygen atoms in total. The Bertz CT molecular complexity index is 1180. The fraction of sp³-hybridized carbons (Fsp3) is 0.970. The molecule has 0 aromatic heterocycles. The predicted molar refractivity (Wildman–Crippen MR) is 287 cm³/mol. The summed E-state index contributed by atoms with van der Waals surface area (Å²) >= 11 is 0.